The van der Waals surface area contributed by atoms with Gasteiger partial charge in [0.25, 0.3) is 0 Å². The van der Waals surface area contributed by atoms with Crippen LogP contribution in [0.25, 0.3) is 40.3 Å². The van der Waals surface area contributed by atoms with Gasteiger partial charge in [0, 0.05) is 72.1 Å². The van der Waals surface area contributed by atoms with E-state index in [0.717, 1.165) is 97.2 Å². The van der Waals surface area contributed by atoms with Crippen LogP contribution in [0.15, 0.2) is 94.5 Å². The van der Waals surface area contributed by atoms with E-state index in [1.54, 1.807) is 22.7 Å². The quantitative estimate of drug-likeness (QED) is 0.0640. The largest absolute Gasteiger partial charge is 0.494 e. The fourth-order valence-electron chi connectivity index (χ4n) is 6.48. The van der Waals surface area contributed by atoms with E-state index in [2.05, 4.69) is 51.6 Å². The molecule has 0 spiro atoms. The number of fused-ring (bicyclic) bond motifs is 4. The third-order valence-corrected chi connectivity index (χ3v) is 12.6. The lowest BCUT2D eigenvalue weighted by Crippen LogP contribution is -2.43. The van der Waals surface area contributed by atoms with Crippen molar-refractivity contribution in [2.24, 2.45) is 0 Å². The first-order valence-corrected chi connectivity index (χ1v) is 20.2. The van der Waals surface area contributed by atoms with Gasteiger partial charge in [0.2, 0.25) is 0 Å². The van der Waals surface area contributed by atoms with Gasteiger partial charge in [0.1, 0.15) is 11.5 Å². The lowest BCUT2D eigenvalue weighted by Gasteiger charge is -2.37. The van der Waals surface area contributed by atoms with Gasteiger partial charge in [-0.25, -0.2) is 0 Å². The Morgan fingerprint density at radius 1 is 0.566 bits per heavy atom. The minimum Gasteiger partial charge on any atom is -0.494 e. The third kappa shape index (κ3) is 9.82. The van der Waals surface area contributed by atoms with Crippen LogP contribution < -0.4 is 20.3 Å². The van der Waals surface area contributed by atoms with Gasteiger partial charge in [0.05, 0.1) is 18.8 Å². The van der Waals surface area contributed by atoms with Crippen LogP contribution in [-0.2, 0) is 4.74 Å². The summed E-state index contributed by atoms with van der Waals surface area (Å²) in [7, 11) is 4.31. The van der Waals surface area contributed by atoms with Crippen molar-refractivity contribution in [3.63, 3.8) is 0 Å². The van der Waals surface area contributed by atoms with Gasteiger partial charge in [-0.05, 0) is 128 Å². The Hall–Kier alpha value is -3.86. The summed E-state index contributed by atoms with van der Waals surface area (Å²) >= 11 is 3.28. The molecule has 6 aromatic rings. The predicted octanol–water partition coefficient (Wildman–Crippen LogP) is 9.60. The first-order valence-electron chi connectivity index (χ1n) is 18.6. The average molecular weight is 753 g/mol. The molecule has 7 nitrogen and oxygen atoms in total. The molecule has 4 aromatic carbocycles. The Balaban J connectivity index is 0.868. The van der Waals surface area contributed by atoms with E-state index in [1.165, 1.54) is 0 Å². The molecular formula is C44H52N2O5S2. The number of benzene rings is 4. The maximum Gasteiger partial charge on any atom is 0.196 e. The van der Waals surface area contributed by atoms with Crippen LogP contribution in [0.5, 0.6) is 11.5 Å². The van der Waals surface area contributed by atoms with Crippen LogP contribution in [0.1, 0.15) is 53.4 Å². The van der Waals surface area contributed by atoms with E-state index in [4.69, 9.17) is 14.2 Å². The summed E-state index contributed by atoms with van der Waals surface area (Å²) in [6.07, 6.45) is 3.64. The van der Waals surface area contributed by atoms with Crippen molar-refractivity contribution in [2.75, 3.05) is 53.6 Å². The second-order valence-electron chi connectivity index (χ2n) is 15.2. The van der Waals surface area contributed by atoms with Crippen LogP contribution in [-0.4, -0.2) is 74.5 Å². The molecule has 2 heterocycles. The van der Waals surface area contributed by atoms with Crippen molar-refractivity contribution in [3.05, 3.63) is 105 Å². The topological polar surface area (TPSA) is 68.3 Å². The van der Waals surface area contributed by atoms with Crippen molar-refractivity contribution in [1.29, 1.82) is 0 Å². The van der Waals surface area contributed by atoms with Gasteiger partial charge in [0.15, 0.2) is 10.9 Å². The number of hydrogen-bond acceptors (Lipinski definition) is 9. The molecule has 0 bridgehead atoms. The van der Waals surface area contributed by atoms with E-state index in [1.807, 2.05) is 84.9 Å². The summed E-state index contributed by atoms with van der Waals surface area (Å²) in [6.45, 7) is 13.5. The molecule has 53 heavy (non-hydrogen) atoms. The summed E-state index contributed by atoms with van der Waals surface area (Å²) in [4.78, 5) is 30.8. The van der Waals surface area contributed by atoms with Crippen LogP contribution in [0.4, 0.5) is 0 Å². The SMILES string of the molecule is CN(CCCOc1ccc2sc3ccccc3c(=O)c2c1)CCC(C)(C)OCCC(C)(C)N(C)CCCOc1ccc2sc3ccccc3c(=O)c2c1. The lowest BCUT2D eigenvalue weighted by molar-refractivity contribution is -0.0426. The van der Waals surface area contributed by atoms with Crippen LogP contribution in [0.3, 0.4) is 0 Å². The predicted molar refractivity (Wildman–Crippen MR) is 225 cm³/mol. The molecule has 0 saturated carbocycles. The number of ether oxygens (including phenoxy) is 3. The highest BCUT2D eigenvalue weighted by Crippen LogP contribution is 2.29. The minimum absolute atomic E-state index is 0.0234. The van der Waals surface area contributed by atoms with Gasteiger partial charge in [-0.3, -0.25) is 9.59 Å². The molecular weight excluding hydrogens is 701 g/mol. The number of nitrogens with zero attached hydrogens (tertiary/aromatic N) is 2. The molecule has 2 aromatic heterocycles. The molecule has 0 unspecified atom stereocenters. The van der Waals surface area contributed by atoms with Crippen molar-refractivity contribution >= 4 is 63.0 Å². The lowest BCUT2D eigenvalue weighted by atomic mass is 9.98. The average Bonchev–Trinajstić information content (AvgIpc) is 3.14. The summed E-state index contributed by atoms with van der Waals surface area (Å²) in [6, 6.07) is 27.2. The highest BCUT2D eigenvalue weighted by Gasteiger charge is 2.26. The molecule has 6 rings (SSSR count). The molecule has 0 radical (unpaired) electrons. The van der Waals surface area contributed by atoms with E-state index < -0.39 is 0 Å². The Morgan fingerprint density at radius 3 is 1.60 bits per heavy atom. The van der Waals surface area contributed by atoms with Crippen molar-refractivity contribution in [3.8, 4) is 11.5 Å². The minimum atomic E-state index is -0.226. The molecule has 0 aliphatic rings. The molecule has 0 aliphatic heterocycles. The van der Waals surface area contributed by atoms with Gasteiger partial charge in [-0.15, -0.1) is 22.7 Å². The van der Waals surface area contributed by atoms with Gasteiger partial charge < -0.3 is 24.0 Å². The Bertz CT molecular complexity index is 2300. The van der Waals surface area contributed by atoms with E-state index >= 15 is 0 Å². The number of hydrogen-bond donors (Lipinski definition) is 0. The highest BCUT2D eigenvalue weighted by molar-refractivity contribution is 7.24. The summed E-state index contributed by atoms with van der Waals surface area (Å²) in [5.74, 6) is 1.48. The first kappa shape index (κ1) is 38.9. The van der Waals surface area contributed by atoms with Gasteiger partial charge >= 0.3 is 0 Å². The number of rotatable bonds is 18. The summed E-state index contributed by atoms with van der Waals surface area (Å²) in [5.41, 5.74) is -0.120. The first-order chi connectivity index (χ1) is 25.4. The molecule has 0 atom stereocenters. The van der Waals surface area contributed by atoms with E-state index in [-0.39, 0.29) is 22.0 Å². The second-order valence-corrected chi connectivity index (χ2v) is 17.4. The second kappa shape index (κ2) is 17.1. The molecule has 9 heteroatoms. The zero-order valence-electron chi connectivity index (χ0n) is 31.9. The molecule has 0 saturated heterocycles. The monoisotopic (exact) mass is 752 g/mol. The maximum atomic E-state index is 13.1. The fourth-order valence-corrected chi connectivity index (χ4v) is 8.58. The fraction of sp³-hybridized carbons (Fsp3) is 0.409. The summed E-state index contributed by atoms with van der Waals surface area (Å²) < 4.78 is 22.6. The van der Waals surface area contributed by atoms with Crippen molar-refractivity contribution in [2.45, 2.75) is 64.5 Å². The molecule has 0 N–H and O–H groups in total. The van der Waals surface area contributed by atoms with Gasteiger partial charge in [-0.1, -0.05) is 24.3 Å². The highest BCUT2D eigenvalue weighted by atomic mass is 32.1. The van der Waals surface area contributed by atoms with Crippen molar-refractivity contribution in [1.82, 2.24) is 9.80 Å². The van der Waals surface area contributed by atoms with E-state index in [0.29, 0.717) is 19.8 Å². The third-order valence-electron chi connectivity index (χ3n) is 10.3. The zero-order chi connectivity index (χ0) is 37.6. The normalized spacial score (nSPS) is 12.5. The standard InChI is InChI=1S/C44H52N2O5S2/c1-43(2,46(6)24-12-27-50-32-18-20-40-36(30-32)42(48)34-14-8-10-16-38(34)53-40)22-28-51-44(3,4)21-25-45(5)23-11-26-49-31-17-19-39-35(29-31)41(47)33-13-7-9-15-37(33)52-39/h7-10,13-20,29-30H,11-12,21-28H2,1-6H3. The van der Waals surface area contributed by atoms with E-state index in [9.17, 15) is 9.59 Å². The Labute approximate surface area is 320 Å². The molecule has 0 aliphatic carbocycles. The van der Waals surface area contributed by atoms with Crippen LogP contribution in [0, 0.1) is 0 Å². The van der Waals surface area contributed by atoms with Crippen molar-refractivity contribution < 1.29 is 14.2 Å². The maximum absolute atomic E-state index is 13.1. The van der Waals surface area contributed by atoms with Gasteiger partial charge in [-0.2, -0.15) is 0 Å². The molecule has 280 valence electrons. The summed E-state index contributed by atoms with van der Waals surface area (Å²) in [5, 5.41) is 2.97. The molecule has 0 amide bonds. The Morgan fingerprint density at radius 2 is 1.06 bits per heavy atom. The zero-order valence-corrected chi connectivity index (χ0v) is 33.5. The Kier molecular flexibility index (Phi) is 12.5. The van der Waals surface area contributed by atoms with Crippen LogP contribution in [0.2, 0.25) is 0 Å². The van der Waals surface area contributed by atoms with Crippen LogP contribution >= 0.6 is 22.7 Å². The molecule has 0 fully saturated rings. The smallest absolute Gasteiger partial charge is 0.196 e.